The lowest BCUT2D eigenvalue weighted by atomic mass is 10.2. The first kappa shape index (κ1) is 20.4. The molecular weight excluding hydrogens is 370 g/mol. The van der Waals surface area contributed by atoms with Gasteiger partial charge in [-0.15, -0.1) is 0 Å². The molecule has 1 amide bonds. The summed E-state index contributed by atoms with van der Waals surface area (Å²) in [5.41, 5.74) is 1.39. The summed E-state index contributed by atoms with van der Waals surface area (Å²) in [4.78, 5) is 25.5. The highest BCUT2D eigenvalue weighted by molar-refractivity contribution is 6.03. The Bertz CT molecular complexity index is 892. The van der Waals surface area contributed by atoms with E-state index in [1.807, 2.05) is 31.1 Å². The van der Waals surface area contributed by atoms with Crippen molar-refractivity contribution in [3.63, 3.8) is 0 Å². The number of ether oxygens (including phenoxy) is 2. The average Bonchev–Trinajstić information content (AvgIpc) is 3.27. The number of benzene rings is 1. The van der Waals surface area contributed by atoms with Crippen LogP contribution in [0.2, 0.25) is 0 Å². The van der Waals surface area contributed by atoms with Crippen molar-refractivity contribution in [2.75, 3.05) is 56.5 Å². The van der Waals surface area contributed by atoms with Gasteiger partial charge in [-0.25, -0.2) is 4.98 Å². The quantitative estimate of drug-likeness (QED) is 0.720. The molecule has 0 radical (unpaired) electrons. The van der Waals surface area contributed by atoms with Crippen LogP contribution in [-0.2, 0) is 4.79 Å². The predicted molar refractivity (Wildman–Crippen MR) is 115 cm³/mol. The molecule has 0 atom stereocenters. The average molecular weight is 397 g/mol. The Morgan fingerprint density at radius 1 is 1.17 bits per heavy atom. The number of hydrogen-bond donors (Lipinski definition) is 1. The van der Waals surface area contributed by atoms with Crippen LogP contribution in [0.15, 0.2) is 30.5 Å². The second kappa shape index (κ2) is 9.27. The highest BCUT2D eigenvalue weighted by Gasteiger charge is 2.18. The first-order valence-electron chi connectivity index (χ1n) is 9.52. The van der Waals surface area contributed by atoms with Crippen LogP contribution in [-0.4, -0.2) is 57.3 Å². The van der Waals surface area contributed by atoms with Gasteiger partial charge < -0.3 is 24.6 Å². The van der Waals surface area contributed by atoms with Crippen LogP contribution in [0.3, 0.4) is 0 Å². The molecule has 2 aromatic rings. The Morgan fingerprint density at radius 2 is 1.90 bits per heavy atom. The van der Waals surface area contributed by atoms with Gasteiger partial charge in [0, 0.05) is 33.3 Å². The summed E-state index contributed by atoms with van der Waals surface area (Å²) in [7, 11) is 6.95. The predicted octanol–water partition coefficient (Wildman–Crippen LogP) is 2.81. The van der Waals surface area contributed by atoms with Crippen molar-refractivity contribution in [2.24, 2.45) is 0 Å². The Balaban J connectivity index is 1.73. The van der Waals surface area contributed by atoms with E-state index in [-0.39, 0.29) is 5.91 Å². The van der Waals surface area contributed by atoms with Gasteiger partial charge in [0.1, 0.15) is 5.69 Å². The van der Waals surface area contributed by atoms with Gasteiger partial charge in [0.15, 0.2) is 17.3 Å². The van der Waals surface area contributed by atoms with E-state index in [9.17, 15) is 4.79 Å². The third-order valence-corrected chi connectivity index (χ3v) is 4.66. The monoisotopic (exact) mass is 397 g/mol. The standard InChI is InChI=1S/C21H27N5O3/c1-25(2)20-16(14-22-21(24-20)26-11-5-6-12-26)23-19(27)10-8-15-7-9-17(28-3)18(13-15)29-4/h7-10,13-14H,5-6,11-12H2,1-4H3,(H,23,27)/b10-8+. The molecule has 1 aliphatic heterocycles. The Morgan fingerprint density at radius 3 is 2.55 bits per heavy atom. The first-order chi connectivity index (χ1) is 14.0. The molecule has 1 aliphatic rings. The van der Waals surface area contributed by atoms with Gasteiger partial charge >= 0.3 is 0 Å². The van der Waals surface area contributed by atoms with Crippen LogP contribution < -0.4 is 24.6 Å². The van der Waals surface area contributed by atoms with Crippen molar-refractivity contribution in [3.8, 4) is 11.5 Å². The summed E-state index contributed by atoms with van der Waals surface area (Å²) >= 11 is 0. The number of hydrogen-bond acceptors (Lipinski definition) is 7. The lowest BCUT2D eigenvalue weighted by Gasteiger charge is -2.20. The molecule has 8 nitrogen and oxygen atoms in total. The summed E-state index contributed by atoms with van der Waals surface area (Å²) in [5.74, 6) is 2.36. The van der Waals surface area contributed by atoms with Crippen LogP contribution >= 0.6 is 0 Å². The Kier molecular flexibility index (Phi) is 6.54. The smallest absolute Gasteiger partial charge is 0.248 e. The van der Waals surface area contributed by atoms with Gasteiger partial charge in [0.05, 0.1) is 20.4 Å². The topological polar surface area (TPSA) is 79.8 Å². The summed E-state index contributed by atoms with van der Waals surface area (Å²) in [5, 5.41) is 2.86. The van der Waals surface area contributed by atoms with Gasteiger partial charge in [-0.3, -0.25) is 4.79 Å². The van der Waals surface area contributed by atoms with E-state index >= 15 is 0 Å². The fourth-order valence-corrected chi connectivity index (χ4v) is 3.17. The molecule has 154 valence electrons. The normalized spacial score (nSPS) is 13.6. The van der Waals surface area contributed by atoms with Crippen molar-refractivity contribution in [1.82, 2.24) is 9.97 Å². The third-order valence-electron chi connectivity index (χ3n) is 4.66. The molecule has 1 fully saturated rings. The zero-order chi connectivity index (χ0) is 20.8. The second-order valence-corrected chi connectivity index (χ2v) is 6.93. The molecule has 1 N–H and O–H groups in total. The molecule has 8 heteroatoms. The number of amides is 1. The Hall–Kier alpha value is -3.29. The maximum absolute atomic E-state index is 12.4. The van der Waals surface area contributed by atoms with Crippen molar-refractivity contribution >= 4 is 29.4 Å². The molecule has 29 heavy (non-hydrogen) atoms. The number of nitrogens with one attached hydrogen (secondary N) is 1. The SMILES string of the molecule is COc1ccc(/C=C/C(=O)Nc2cnc(N3CCCC3)nc2N(C)C)cc1OC. The van der Waals surface area contributed by atoms with Gasteiger partial charge in [-0.05, 0) is 36.6 Å². The highest BCUT2D eigenvalue weighted by atomic mass is 16.5. The summed E-state index contributed by atoms with van der Waals surface area (Å²) in [6.45, 7) is 1.93. The number of aromatic nitrogens is 2. The molecule has 3 rings (SSSR count). The number of anilines is 3. The third kappa shape index (κ3) is 4.96. The minimum atomic E-state index is -0.264. The number of rotatable bonds is 7. The largest absolute Gasteiger partial charge is 0.493 e. The molecule has 0 spiro atoms. The van der Waals surface area contributed by atoms with E-state index in [0.717, 1.165) is 31.5 Å². The highest BCUT2D eigenvalue weighted by Crippen LogP contribution is 2.28. The van der Waals surface area contributed by atoms with E-state index in [1.165, 1.54) is 6.08 Å². The van der Waals surface area contributed by atoms with E-state index < -0.39 is 0 Å². The lowest BCUT2D eigenvalue weighted by Crippen LogP contribution is -2.23. The van der Waals surface area contributed by atoms with E-state index in [4.69, 9.17) is 9.47 Å². The first-order valence-corrected chi connectivity index (χ1v) is 9.52. The molecule has 1 aromatic carbocycles. The molecule has 0 unspecified atom stereocenters. The molecule has 0 aliphatic carbocycles. The maximum Gasteiger partial charge on any atom is 0.248 e. The molecule has 0 saturated carbocycles. The molecule has 1 aromatic heterocycles. The number of carbonyl (C=O) groups is 1. The fraction of sp³-hybridized carbons (Fsp3) is 0.381. The lowest BCUT2D eigenvalue weighted by molar-refractivity contribution is -0.111. The molecule has 1 saturated heterocycles. The number of nitrogens with zero attached hydrogens (tertiary/aromatic N) is 4. The van der Waals surface area contributed by atoms with Crippen LogP contribution in [0.4, 0.5) is 17.5 Å². The van der Waals surface area contributed by atoms with Crippen LogP contribution in [0.25, 0.3) is 6.08 Å². The van der Waals surface area contributed by atoms with Crippen molar-refractivity contribution in [1.29, 1.82) is 0 Å². The zero-order valence-electron chi connectivity index (χ0n) is 17.3. The minimum Gasteiger partial charge on any atom is -0.493 e. The van der Waals surface area contributed by atoms with Gasteiger partial charge in [-0.2, -0.15) is 4.98 Å². The summed E-state index contributed by atoms with van der Waals surface area (Å²) in [6, 6.07) is 5.46. The van der Waals surface area contributed by atoms with Crippen LogP contribution in [0, 0.1) is 0 Å². The van der Waals surface area contributed by atoms with E-state index in [0.29, 0.717) is 29.0 Å². The van der Waals surface area contributed by atoms with Gasteiger partial charge in [0.25, 0.3) is 0 Å². The molecule has 0 bridgehead atoms. The molecule has 2 heterocycles. The van der Waals surface area contributed by atoms with Crippen LogP contribution in [0.5, 0.6) is 11.5 Å². The Labute approximate surface area is 171 Å². The van der Waals surface area contributed by atoms with Crippen LogP contribution in [0.1, 0.15) is 18.4 Å². The van der Waals surface area contributed by atoms with Gasteiger partial charge in [-0.1, -0.05) is 6.07 Å². The van der Waals surface area contributed by atoms with E-state index in [1.54, 1.807) is 32.6 Å². The van der Waals surface area contributed by atoms with Crippen molar-refractivity contribution in [3.05, 3.63) is 36.0 Å². The van der Waals surface area contributed by atoms with Crippen molar-refractivity contribution < 1.29 is 14.3 Å². The summed E-state index contributed by atoms with van der Waals surface area (Å²) in [6.07, 6.45) is 7.15. The minimum absolute atomic E-state index is 0.264. The molecular formula is C21H27N5O3. The zero-order valence-corrected chi connectivity index (χ0v) is 17.3. The van der Waals surface area contributed by atoms with Gasteiger partial charge in [0.2, 0.25) is 11.9 Å². The van der Waals surface area contributed by atoms with E-state index in [2.05, 4.69) is 20.2 Å². The second-order valence-electron chi connectivity index (χ2n) is 6.93. The summed E-state index contributed by atoms with van der Waals surface area (Å²) < 4.78 is 10.5. The van der Waals surface area contributed by atoms with Crippen molar-refractivity contribution in [2.45, 2.75) is 12.8 Å². The number of methoxy groups -OCH3 is 2. The fourth-order valence-electron chi connectivity index (χ4n) is 3.17. The number of carbonyl (C=O) groups excluding carboxylic acids is 1. The maximum atomic E-state index is 12.4.